The minimum Gasteiger partial charge on any atom is -0.503 e. The molecule has 0 saturated carbocycles. The van der Waals surface area contributed by atoms with Gasteiger partial charge in [0, 0.05) is 6.54 Å². The van der Waals surface area contributed by atoms with Crippen LogP contribution in [0, 0.1) is 10.1 Å². The summed E-state index contributed by atoms with van der Waals surface area (Å²) in [6, 6.07) is 0. The lowest BCUT2D eigenvalue weighted by Crippen LogP contribution is -2.19. The molecular formula is C7H6F3N3O4. The van der Waals surface area contributed by atoms with Gasteiger partial charge in [-0.05, 0) is 0 Å². The van der Waals surface area contributed by atoms with E-state index >= 15 is 0 Å². The topological polar surface area (TPSA) is 112 Å². The number of rotatable bonds is 3. The number of hydrogen-bond acceptors (Lipinski definition) is 6. The standard InChI is InChI=1S/C7H6F3N3O4/c8-7(9,10)17-6-4(14)2-12-3(1-11)5(6)13(15)16/h2,14H,1,11H2. The number of alkyl halides is 3. The van der Waals surface area contributed by atoms with Crippen LogP contribution in [-0.2, 0) is 6.54 Å². The van der Waals surface area contributed by atoms with E-state index in [-0.39, 0.29) is 0 Å². The van der Waals surface area contributed by atoms with E-state index in [1.807, 2.05) is 0 Å². The number of nitrogens with zero attached hydrogens (tertiary/aromatic N) is 2. The second-order valence-corrected chi connectivity index (χ2v) is 2.78. The molecule has 1 aromatic rings. The average molecular weight is 253 g/mol. The van der Waals surface area contributed by atoms with Crippen molar-refractivity contribution in [1.82, 2.24) is 4.98 Å². The molecule has 3 N–H and O–H groups in total. The molecule has 10 heteroatoms. The molecule has 1 rings (SSSR count). The van der Waals surface area contributed by atoms with Crippen LogP contribution >= 0.6 is 0 Å². The van der Waals surface area contributed by atoms with E-state index in [9.17, 15) is 23.3 Å². The molecule has 0 unspecified atom stereocenters. The van der Waals surface area contributed by atoms with Crippen molar-refractivity contribution >= 4 is 5.69 Å². The molecule has 7 nitrogen and oxygen atoms in total. The highest BCUT2D eigenvalue weighted by Crippen LogP contribution is 2.40. The quantitative estimate of drug-likeness (QED) is 0.615. The van der Waals surface area contributed by atoms with Gasteiger partial charge in [-0.25, -0.2) is 4.98 Å². The minimum atomic E-state index is -5.17. The first kappa shape index (κ1) is 13.0. The molecule has 0 spiro atoms. The molecule has 0 atom stereocenters. The van der Waals surface area contributed by atoms with Crippen LogP contribution in [-0.4, -0.2) is 21.4 Å². The van der Waals surface area contributed by atoms with Gasteiger partial charge in [-0.2, -0.15) is 0 Å². The van der Waals surface area contributed by atoms with Crippen molar-refractivity contribution in [3.8, 4) is 11.5 Å². The second-order valence-electron chi connectivity index (χ2n) is 2.78. The fourth-order valence-electron chi connectivity index (χ4n) is 1.07. The predicted octanol–water partition coefficient (Wildman–Crippen LogP) is 1.05. The summed E-state index contributed by atoms with van der Waals surface area (Å²) in [5.74, 6) is -2.41. The zero-order valence-corrected chi connectivity index (χ0v) is 8.06. The zero-order chi connectivity index (χ0) is 13.2. The van der Waals surface area contributed by atoms with Crippen molar-refractivity contribution in [2.24, 2.45) is 5.73 Å². The van der Waals surface area contributed by atoms with Crippen molar-refractivity contribution in [3.05, 3.63) is 22.0 Å². The summed E-state index contributed by atoms with van der Waals surface area (Å²) in [7, 11) is 0. The van der Waals surface area contributed by atoms with Gasteiger partial charge in [-0.15, -0.1) is 13.2 Å². The molecule has 0 aromatic carbocycles. The van der Waals surface area contributed by atoms with Gasteiger partial charge in [-0.3, -0.25) is 10.1 Å². The molecule has 17 heavy (non-hydrogen) atoms. The van der Waals surface area contributed by atoms with Crippen LogP contribution in [0.3, 0.4) is 0 Å². The van der Waals surface area contributed by atoms with E-state index in [4.69, 9.17) is 10.8 Å². The third-order valence-electron chi connectivity index (χ3n) is 1.66. The van der Waals surface area contributed by atoms with E-state index in [1.54, 1.807) is 0 Å². The number of nitro groups is 1. The Labute approximate surface area is 91.8 Å². The summed E-state index contributed by atoms with van der Waals surface area (Å²) in [5, 5.41) is 19.7. The number of aromatic hydroxyl groups is 1. The van der Waals surface area contributed by atoms with E-state index in [0.717, 1.165) is 0 Å². The number of halogens is 3. The fourth-order valence-corrected chi connectivity index (χ4v) is 1.07. The van der Waals surface area contributed by atoms with Gasteiger partial charge in [0.25, 0.3) is 5.75 Å². The van der Waals surface area contributed by atoms with Gasteiger partial charge in [0.2, 0.25) is 0 Å². The molecule has 0 bridgehead atoms. The lowest BCUT2D eigenvalue weighted by Gasteiger charge is -2.11. The van der Waals surface area contributed by atoms with E-state index in [0.29, 0.717) is 6.20 Å². The molecule has 0 aliphatic rings. The summed E-state index contributed by atoms with van der Waals surface area (Å²) in [6.07, 6.45) is -4.58. The Morgan fingerprint density at radius 3 is 2.59 bits per heavy atom. The summed E-state index contributed by atoms with van der Waals surface area (Å²) in [5.41, 5.74) is 3.56. The van der Waals surface area contributed by atoms with Crippen LogP contribution in [0.4, 0.5) is 18.9 Å². The van der Waals surface area contributed by atoms with E-state index in [1.165, 1.54) is 0 Å². The molecule has 0 amide bonds. The molecule has 0 saturated heterocycles. The van der Waals surface area contributed by atoms with Gasteiger partial charge in [0.1, 0.15) is 5.69 Å². The van der Waals surface area contributed by atoms with Crippen LogP contribution < -0.4 is 10.5 Å². The fraction of sp³-hybridized carbons (Fsp3) is 0.286. The molecule has 94 valence electrons. The Kier molecular flexibility index (Phi) is 3.36. The summed E-state index contributed by atoms with van der Waals surface area (Å²) >= 11 is 0. The van der Waals surface area contributed by atoms with E-state index < -0.39 is 40.7 Å². The number of nitrogens with two attached hydrogens (primary N) is 1. The third-order valence-corrected chi connectivity index (χ3v) is 1.66. The van der Waals surface area contributed by atoms with Crippen LogP contribution in [0.2, 0.25) is 0 Å². The first-order valence-electron chi connectivity index (χ1n) is 4.07. The minimum absolute atomic E-state index is 0.424. The SMILES string of the molecule is NCc1ncc(O)c(OC(F)(F)F)c1[N+](=O)[O-]. The number of aromatic nitrogens is 1. The van der Waals surface area contributed by atoms with E-state index in [2.05, 4.69) is 9.72 Å². The Morgan fingerprint density at radius 1 is 1.59 bits per heavy atom. The Hall–Kier alpha value is -2.10. The first-order valence-corrected chi connectivity index (χ1v) is 4.07. The molecule has 0 radical (unpaired) electrons. The molecule has 0 aliphatic carbocycles. The number of ether oxygens (including phenoxy) is 1. The second kappa shape index (κ2) is 4.41. The maximum Gasteiger partial charge on any atom is 0.573 e. The summed E-state index contributed by atoms with van der Waals surface area (Å²) in [4.78, 5) is 12.8. The summed E-state index contributed by atoms with van der Waals surface area (Å²) in [6.45, 7) is -0.467. The highest BCUT2D eigenvalue weighted by molar-refractivity contribution is 5.56. The smallest absolute Gasteiger partial charge is 0.503 e. The van der Waals surface area contributed by atoms with Gasteiger partial charge in [0.15, 0.2) is 5.75 Å². The monoisotopic (exact) mass is 253 g/mol. The molecule has 1 heterocycles. The van der Waals surface area contributed by atoms with Crippen LogP contribution in [0.25, 0.3) is 0 Å². The van der Waals surface area contributed by atoms with Gasteiger partial charge in [0.05, 0.1) is 11.1 Å². The van der Waals surface area contributed by atoms with Gasteiger partial charge >= 0.3 is 12.0 Å². The average Bonchev–Trinajstić information content (AvgIpc) is 2.18. The highest BCUT2D eigenvalue weighted by atomic mass is 19.4. The van der Waals surface area contributed by atoms with Crippen LogP contribution in [0.15, 0.2) is 6.20 Å². The Morgan fingerprint density at radius 2 is 2.18 bits per heavy atom. The zero-order valence-electron chi connectivity index (χ0n) is 8.06. The van der Waals surface area contributed by atoms with Crippen LogP contribution in [0.1, 0.15) is 5.69 Å². The van der Waals surface area contributed by atoms with Crippen molar-refractivity contribution in [1.29, 1.82) is 0 Å². The van der Waals surface area contributed by atoms with Crippen molar-refractivity contribution in [2.75, 3.05) is 0 Å². The lowest BCUT2D eigenvalue weighted by molar-refractivity contribution is -0.389. The van der Waals surface area contributed by atoms with Gasteiger partial charge in [-0.1, -0.05) is 0 Å². The Balaban J connectivity index is 3.39. The maximum absolute atomic E-state index is 12.0. The lowest BCUT2D eigenvalue weighted by atomic mass is 10.2. The Bertz CT molecular complexity index is 449. The highest BCUT2D eigenvalue weighted by Gasteiger charge is 2.37. The first-order chi connectivity index (χ1) is 7.76. The van der Waals surface area contributed by atoms with Crippen LogP contribution in [0.5, 0.6) is 11.5 Å². The normalized spacial score (nSPS) is 11.3. The molecule has 1 aromatic heterocycles. The number of hydrogen-bond donors (Lipinski definition) is 2. The summed E-state index contributed by atoms with van der Waals surface area (Å²) < 4.78 is 39.4. The predicted molar refractivity (Wildman–Crippen MR) is 47.1 cm³/mol. The van der Waals surface area contributed by atoms with Crippen molar-refractivity contribution in [2.45, 2.75) is 12.9 Å². The van der Waals surface area contributed by atoms with Crippen molar-refractivity contribution < 1.29 is 27.9 Å². The molecule has 0 aliphatic heterocycles. The molecule has 0 fully saturated rings. The maximum atomic E-state index is 12.0. The largest absolute Gasteiger partial charge is 0.573 e. The molecular weight excluding hydrogens is 247 g/mol. The number of pyridine rings is 1. The van der Waals surface area contributed by atoms with Gasteiger partial charge < -0.3 is 15.6 Å². The third kappa shape index (κ3) is 2.93. The van der Waals surface area contributed by atoms with Crippen molar-refractivity contribution in [3.63, 3.8) is 0 Å².